The van der Waals surface area contributed by atoms with Crippen LogP contribution in [0, 0.1) is 0 Å². The van der Waals surface area contributed by atoms with E-state index in [1.807, 2.05) is 30.3 Å². The highest BCUT2D eigenvalue weighted by atomic mass is 16.6. The Labute approximate surface area is 303 Å². The maximum absolute atomic E-state index is 12.1. The van der Waals surface area contributed by atoms with Crippen molar-refractivity contribution in [3.63, 3.8) is 0 Å². The first-order valence-corrected chi connectivity index (χ1v) is 17.9. The molecule has 0 bridgehead atoms. The average molecular weight is 725 g/mol. The summed E-state index contributed by atoms with van der Waals surface area (Å²) in [6.07, 6.45) is 2.24. The highest BCUT2D eigenvalue weighted by molar-refractivity contribution is 5.89. The smallest absolute Gasteiger partial charge is 0.338 e. The Morgan fingerprint density at radius 3 is 1.33 bits per heavy atom. The second-order valence-corrected chi connectivity index (χ2v) is 10.9. The Kier molecular flexibility index (Phi) is 28.4. The maximum atomic E-state index is 12.1. The Morgan fingerprint density at radius 2 is 0.922 bits per heavy atom. The lowest BCUT2D eigenvalue weighted by atomic mass is 10.2. The highest BCUT2D eigenvalue weighted by Crippen LogP contribution is 2.19. The molecule has 0 saturated carbocycles. The van der Waals surface area contributed by atoms with Gasteiger partial charge in [0.2, 0.25) is 0 Å². The van der Waals surface area contributed by atoms with E-state index in [0.29, 0.717) is 143 Å². The molecule has 0 heterocycles. The van der Waals surface area contributed by atoms with Gasteiger partial charge in [-0.2, -0.15) is 0 Å². The van der Waals surface area contributed by atoms with Crippen LogP contribution in [0.25, 0.3) is 0 Å². The highest BCUT2D eigenvalue weighted by Gasteiger charge is 2.07. The Bertz CT molecular complexity index is 1080. The van der Waals surface area contributed by atoms with Crippen LogP contribution in [0.1, 0.15) is 30.1 Å². The number of hydrogen-bond acceptors (Lipinski definition) is 14. The first-order valence-electron chi connectivity index (χ1n) is 17.9. The summed E-state index contributed by atoms with van der Waals surface area (Å²) >= 11 is 0. The summed E-state index contributed by atoms with van der Waals surface area (Å²) in [5.74, 6) is 0.302. The zero-order chi connectivity index (χ0) is 36.3. The van der Waals surface area contributed by atoms with Gasteiger partial charge in [0.05, 0.1) is 130 Å². The van der Waals surface area contributed by atoms with Crippen LogP contribution in [-0.2, 0) is 47.4 Å². The summed E-state index contributed by atoms with van der Waals surface area (Å²) in [5.41, 5.74) is 7.95. The molecule has 0 aliphatic carbocycles. The average Bonchev–Trinajstić information content (AvgIpc) is 3.15. The molecule has 0 unspecified atom stereocenters. The summed E-state index contributed by atoms with van der Waals surface area (Å²) in [6.45, 7) is 12.1. The molecule has 2 rings (SSSR count). The predicted octanol–water partition coefficient (Wildman–Crippen LogP) is 3.87. The molecule has 0 aliphatic heterocycles. The maximum Gasteiger partial charge on any atom is 0.338 e. The van der Waals surface area contributed by atoms with Crippen molar-refractivity contribution in [1.29, 1.82) is 0 Å². The first kappa shape index (κ1) is 44.1. The summed E-state index contributed by atoms with van der Waals surface area (Å²) < 4.78 is 60.1. The summed E-state index contributed by atoms with van der Waals surface area (Å²) in [7, 11) is 0. The minimum Gasteiger partial charge on any atom is -0.489 e. The molecule has 14 heteroatoms. The van der Waals surface area contributed by atoms with Crippen LogP contribution in [0.3, 0.4) is 0 Å². The third-order valence-electron chi connectivity index (χ3n) is 6.82. The molecule has 14 nitrogen and oxygen atoms in total. The van der Waals surface area contributed by atoms with Gasteiger partial charge < -0.3 is 63.2 Å². The summed E-state index contributed by atoms with van der Waals surface area (Å²) in [4.78, 5) is 12.1. The number of nitrogen functional groups attached to an aromatic ring is 1. The molecule has 0 aliphatic rings. The molecule has 0 amide bonds. The lowest BCUT2D eigenvalue weighted by Gasteiger charge is -2.10. The van der Waals surface area contributed by atoms with Crippen LogP contribution in [0.2, 0.25) is 0 Å². The number of nitrogens with two attached hydrogens (primary N) is 1. The van der Waals surface area contributed by atoms with E-state index in [9.17, 15) is 4.79 Å². The van der Waals surface area contributed by atoms with Crippen molar-refractivity contribution in [1.82, 2.24) is 0 Å². The second-order valence-electron chi connectivity index (χ2n) is 10.9. The van der Waals surface area contributed by atoms with Gasteiger partial charge in [-0.3, -0.25) is 0 Å². The van der Waals surface area contributed by atoms with Gasteiger partial charge in [-0.15, -0.1) is 0 Å². The quantitative estimate of drug-likeness (QED) is 0.0593. The molecular formula is C37H60N2O12. The van der Waals surface area contributed by atoms with E-state index in [2.05, 4.69) is 12.2 Å². The number of unbranched alkanes of at least 4 members (excludes halogenated alkanes) is 1. The standard InChI is InChI=1S/C37H60N2O12/c1-2-3-12-39-34-10-8-33(9-11-34)37(40)51-32-30-49-28-26-47-24-22-45-20-18-43-16-14-41-13-15-42-17-19-44-21-23-46-25-27-48-29-31-50-36-7-5-4-6-35(36)38/h4-11,39H,2-3,12-32,38H2,1H3. The monoisotopic (exact) mass is 724 g/mol. The fraction of sp³-hybridized carbons (Fsp3) is 0.649. The molecule has 0 saturated heterocycles. The van der Waals surface area contributed by atoms with Gasteiger partial charge in [0.1, 0.15) is 19.0 Å². The normalized spacial score (nSPS) is 11.2. The molecule has 0 radical (unpaired) electrons. The van der Waals surface area contributed by atoms with E-state index in [1.165, 1.54) is 0 Å². The number of nitrogens with one attached hydrogen (secondary N) is 1. The van der Waals surface area contributed by atoms with Gasteiger partial charge in [0.25, 0.3) is 0 Å². The van der Waals surface area contributed by atoms with E-state index in [1.54, 1.807) is 18.2 Å². The Balaban J connectivity index is 1.19. The largest absolute Gasteiger partial charge is 0.489 e. The SMILES string of the molecule is CCCCNc1ccc(C(=O)OCCOCCOCCOCCOCCOCCOCCOCCOCCOCCOc2ccccc2N)cc1. The van der Waals surface area contributed by atoms with Crippen molar-refractivity contribution in [2.75, 3.05) is 150 Å². The van der Waals surface area contributed by atoms with Crippen molar-refractivity contribution >= 4 is 17.3 Å². The van der Waals surface area contributed by atoms with E-state index in [0.717, 1.165) is 25.1 Å². The minimum atomic E-state index is -0.362. The topological polar surface area (TPSA) is 157 Å². The molecular weight excluding hydrogens is 664 g/mol. The fourth-order valence-electron chi connectivity index (χ4n) is 4.09. The van der Waals surface area contributed by atoms with Gasteiger partial charge in [-0.25, -0.2) is 4.79 Å². The molecule has 2 aromatic rings. The van der Waals surface area contributed by atoms with Crippen LogP contribution >= 0.6 is 0 Å². The van der Waals surface area contributed by atoms with Crippen LogP contribution in [0.4, 0.5) is 11.4 Å². The molecule has 290 valence electrons. The number of esters is 1. The van der Waals surface area contributed by atoms with Crippen molar-refractivity contribution in [3.8, 4) is 5.75 Å². The predicted molar refractivity (Wildman–Crippen MR) is 194 cm³/mol. The second kappa shape index (κ2) is 32.8. The van der Waals surface area contributed by atoms with Crippen molar-refractivity contribution in [2.45, 2.75) is 19.8 Å². The number of rotatable bonds is 36. The summed E-state index contributed by atoms with van der Waals surface area (Å²) in [6, 6.07) is 14.7. The van der Waals surface area contributed by atoms with Crippen LogP contribution < -0.4 is 15.8 Å². The van der Waals surface area contributed by atoms with Gasteiger partial charge in [-0.1, -0.05) is 25.5 Å². The number of carbonyl (C=O) groups excluding carboxylic acids is 1. The molecule has 0 aromatic heterocycles. The zero-order valence-electron chi connectivity index (χ0n) is 30.4. The van der Waals surface area contributed by atoms with E-state index in [-0.39, 0.29) is 12.6 Å². The summed E-state index contributed by atoms with van der Waals surface area (Å²) in [5, 5.41) is 3.32. The number of carbonyl (C=O) groups is 1. The Morgan fingerprint density at radius 1 is 0.529 bits per heavy atom. The third-order valence-corrected chi connectivity index (χ3v) is 6.82. The molecule has 2 aromatic carbocycles. The van der Waals surface area contributed by atoms with Gasteiger partial charge in [-0.05, 0) is 42.8 Å². The van der Waals surface area contributed by atoms with E-state index < -0.39 is 0 Å². The zero-order valence-corrected chi connectivity index (χ0v) is 30.4. The van der Waals surface area contributed by atoms with Gasteiger partial charge in [0, 0.05) is 12.2 Å². The molecule has 0 spiro atoms. The van der Waals surface area contributed by atoms with Gasteiger partial charge >= 0.3 is 5.97 Å². The molecule has 3 N–H and O–H groups in total. The first-order chi connectivity index (χ1) is 25.2. The van der Waals surface area contributed by atoms with E-state index >= 15 is 0 Å². The number of benzene rings is 2. The van der Waals surface area contributed by atoms with Crippen LogP contribution in [0.5, 0.6) is 5.75 Å². The van der Waals surface area contributed by atoms with Crippen molar-refractivity contribution in [2.24, 2.45) is 0 Å². The minimum absolute atomic E-state index is 0.188. The molecule has 0 atom stereocenters. The van der Waals surface area contributed by atoms with Gasteiger partial charge in [0.15, 0.2) is 0 Å². The Hall–Kier alpha value is -3.05. The van der Waals surface area contributed by atoms with Crippen LogP contribution in [-0.4, -0.2) is 145 Å². The lowest BCUT2D eigenvalue weighted by Crippen LogP contribution is -2.15. The molecule has 0 fully saturated rings. The third kappa shape index (κ3) is 25.5. The van der Waals surface area contributed by atoms with Crippen molar-refractivity contribution in [3.05, 3.63) is 54.1 Å². The fourth-order valence-corrected chi connectivity index (χ4v) is 4.09. The number of ether oxygens (including phenoxy) is 11. The van der Waals surface area contributed by atoms with Crippen LogP contribution in [0.15, 0.2) is 48.5 Å². The number of para-hydroxylation sites is 2. The molecule has 51 heavy (non-hydrogen) atoms. The van der Waals surface area contributed by atoms with Crippen molar-refractivity contribution < 1.29 is 56.9 Å². The lowest BCUT2D eigenvalue weighted by molar-refractivity contribution is -0.0262. The number of anilines is 2. The van der Waals surface area contributed by atoms with E-state index in [4.69, 9.17) is 57.8 Å². The number of hydrogen-bond donors (Lipinski definition) is 2.